The van der Waals surface area contributed by atoms with Gasteiger partial charge in [-0.2, -0.15) is 0 Å². The van der Waals surface area contributed by atoms with Crippen LogP contribution < -0.4 is 0 Å². The number of hydrogen-bond acceptors (Lipinski definition) is 4. The van der Waals surface area contributed by atoms with Gasteiger partial charge in [0.1, 0.15) is 5.78 Å². The third-order valence-corrected chi connectivity index (χ3v) is 9.83. The number of Topliss-reactive ketones (excluding diaryl/α,β-unsaturated/α-hetero) is 1. The largest absolute Gasteiger partial charge is 0.387 e. The van der Waals surface area contributed by atoms with E-state index < -0.39 is 5.60 Å². The van der Waals surface area contributed by atoms with Crippen molar-refractivity contribution in [3.63, 3.8) is 0 Å². The van der Waals surface area contributed by atoms with Crippen LogP contribution in [-0.2, 0) is 16.0 Å². The van der Waals surface area contributed by atoms with Gasteiger partial charge < -0.3 is 14.8 Å². The molecule has 4 aliphatic rings. The molecular weight excluding hydrogens is 376 g/mol. The molecule has 30 heavy (non-hydrogen) atoms. The fourth-order valence-electron chi connectivity index (χ4n) is 8.58. The van der Waals surface area contributed by atoms with Crippen molar-refractivity contribution in [2.75, 3.05) is 13.7 Å². The molecule has 0 bridgehead atoms. The Hall–Kier alpha value is -1.20. The van der Waals surface area contributed by atoms with E-state index in [1.807, 2.05) is 0 Å². The number of ketones is 1. The molecule has 0 saturated heterocycles. The van der Waals surface area contributed by atoms with Gasteiger partial charge >= 0.3 is 0 Å². The Morgan fingerprint density at radius 2 is 2.00 bits per heavy atom. The van der Waals surface area contributed by atoms with E-state index >= 15 is 0 Å². The number of methoxy groups -OCH3 is 1. The molecule has 4 aliphatic carbocycles. The van der Waals surface area contributed by atoms with Crippen molar-refractivity contribution >= 4 is 5.78 Å². The average Bonchev–Trinajstić information content (AvgIpc) is 3.34. The standard InChI is InChI=1S/C25H38N2O3/c1-24-9-7-19-18-8-10-25(29,14-30-2)12-16(18)3-4-20(19)21(24)5-6-22(24)23(28)11-17-13-26-15-27-17/h13,15-16,18-22,29H,3-12,14H2,1-2H3,(H,26,27)/t16-,18-,19+,20+,21-,22+,24-,25+/m0/s1. The van der Waals surface area contributed by atoms with Gasteiger partial charge in [-0.1, -0.05) is 6.92 Å². The molecular formula is C25H38N2O3. The zero-order valence-corrected chi connectivity index (χ0v) is 18.6. The number of aromatic nitrogens is 2. The molecule has 0 aliphatic heterocycles. The molecule has 4 saturated carbocycles. The van der Waals surface area contributed by atoms with Gasteiger partial charge in [0.05, 0.1) is 18.5 Å². The Balaban J connectivity index is 1.29. The van der Waals surface area contributed by atoms with Gasteiger partial charge in [-0.3, -0.25) is 4.79 Å². The van der Waals surface area contributed by atoms with Crippen LogP contribution in [0.1, 0.15) is 70.4 Å². The van der Waals surface area contributed by atoms with Crippen molar-refractivity contribution in [3.8, 4) is 0 Å². The third kappa shape index (κ3) is 3.37. The molecule has 5 rings (SSSR count). The molecule has 5 nitrogen and oxygen atoms in total. The SMILES string of the molecule is COC[C@@]1(O)CC[C@H]2[C@@H](CC[C@@H]3[C@@H]2CC[C@]2(C)[C@@H](C(=O)Cc4cnc[nH]4)CC[C@@H]32)C1. The molecule has 0 spiro atoms. The van der Waals surface area contributed by atoms with E-state index in [1.54, 1.807) is 19.6 Å². The Bertz CT molecular complexity index is 764. The lowest BCUT2D eigenvalue weighted by molar-refractivity contribution is -0.135. The Morgan fingerprint density at radius 1 is 1.17 bits per heavy atom. The summed E-state index contributed by atoms with van der Waals surface area (Å²) in [7, 11) is 1.70. The Labute approximate surface area is 180 Å². The molecule has 2 N–H and O–H groups in total. The molecule has 4 fully saturated rings. The topological polar surface area (TPSA) is 75.2 Å². The van der Waals surface area contributed by atoms with Crippen molar-refractivity contribution in [2.24, 2.45) is 40.9 Å². The Morgan fingerprint density at radius 3 is 2.77 bits per heavy atom. The van der Waals surface area contributed by atoms with Gasteiger partial charge in [0.2, 0.25) is 0 Å². The number of aliphatic hydroxyl groups is 1. The van der Waals surface area contributed by atoms with Crippen LogP contribution in [0.2, 0.25) is 0 Å². The second kappa shape index (κ2) is 7.74. The highest BCUT2D eigenvalue weighted by Crippen LogP contribution is 2.64. The summed E-state index contributed by atoms with van der Waals surface area (Å²) in [5.74, 6) is 4.34. The first-order valence-corrected chi connectivity index (χ1v) is 12.1. The lowest BCUT2D eigenvalue weighted by Crippen LogP contribution is -2.52. The van der Waals surface area contributed by atoms with Crippen molar-refractivity contribution in [1.29, 1.82) is 0 Å². The number of ether oxygens (including phenoxy) is 1. The fraction of sp³-hybridized carbons (Fsp3) is 0.840. The van der Waals surface area contributed by atoms with Gasteiger partial charge in [-0.15, -0.1) is 0 Å². The van der Waals surface area contributed by atoms with E-state index in [9.17, 15) is 9.90 Å². The lowest BCUT2D eigenvalue weighted by Gasteiger charge is -2.57. The maximum atomic E-state index is 13.2. The molecule has 0 amide bonds. The fourth-order valence-corrected chi connectivity index (χ4v) is 8.58. The minimum Gasteiger partial charge on any atom is -0.387 e. The van der Waals surface area contributed by atoms with Crippen LogP contribution in [0.25, 0.3) is 0 Å². The first-order valence-electron chi connectivity index (χ1n) is 12.1. The van der Waals surface area contributed by atoms with Crippen LogP contribution in [0.4, 0.5) is 0 Å². The average molecular weight is 415 g/mol. The lowest BCUT2D eigenvalue weighted by atomic mass is 9.49. The van der Waals surface area contributed by atoms with Gasteiger partial charge in [0.15, 0.2) is 0 Å². The van der Waals surface area contributed by atoms with Gasteiger partial charge in [0, 0.05) is 31.3 Å². The van der Waals surface area contributed by atoms with E-state index in [4.69, 9.17) is 4.74 Å². The smallest absolute Gasteiger partial charge is 0.142 e. The number of imidazole rings is 1. The minimum absolute atomic E-state index is 0.177. The molecule has 0 radical (unpaired) electrons. The van der Waals surface area contributed by atoms with Gasteiger partial charge in [-0.05, 0) is 92.8 Å². The maximum Gasteiger partial charge on any atom is 0.142 e. The summed E-state index contributed by atoms with van der Waals surface area (Å²) >= 11 is 0. The molecule has 1 aromatic heterocycles. The highest BCUT2D eigenvalue weighted by Gasteiger charge is 2.58. The molecule has 1 aromatic rings. The zero-order valence-electron chi connectivity index (χ0n) is 18.6. The molecule has 0 unspecified atom stereocenters. The number of hydrogen-bond donors (Lipinski definition) is 2. The normalized spacial score (nSPS) is 45.4. The summed E-state index contributed by atoms with van der Waals surface area (Å²) in [6.07, 6.45) is 14.2. The molecule has 0 aromatic carbocycles. The third-order valence-electron chi connectivity index (χ3n) is 9.83. The molecule has 5 heteroatoms. The Kier molecular flexibility index (Phi) is 5.34. The number of nitrogens with zero attached hydrogens (tertiary/aromatic N) is 1. The summed E-state index contributed by atoms with van der Waals surface area (Å²) in [6.45, 7) is 2.91. The summed E-state index contributed by atoms with van der Waals surface area (Å²) < 4.78 is 5.32. The van der Waals surface area contributed by atoms with Gasteiger partial charge in [-0.25, -0.2) is 4.98 Å². The van der Waals surface area contributed by atoms with E-state index in [-0.39, 0.29) is 11.3 Å². The monoisotopic (exact) mass is 414 g/mol. The summed E-state index contributed by atoms with van der Waals surface area (Å²) in [5.41, 5.74) is 0.520. The number of fused-ring (bicyclic) bond motifs is 5. The number of carbonyl (C=O) groups is 1. The second-order valence-corrected chi connectivity index (χ2v) is 11.2. The van der Waals surface area contributed by atoms with Crippen molar-refractivity contribution in [1.82, 2.24) is 9.97 Å². The van der Waals surface area contributed by atoms with Crippen LogP contribution in [0.15, 0.2) is 12.5 Å². The van der Waals surface area contributed by atoms with E-state index in [0.29, 0.717) is 30.6 Å². The van der Waals surface area contributed by atoms with Gasteiger partial charge in [0.25, 0.3) is 0 Å². The number of H-pyrrole nitrogens is 1. The number of aromatic amines is 1. The van der Waals surface area contributed by atoms with Crippen LogP contribution in [0, 0.1) is 40.9 Å². The number of rotatable bonds is 5. The summed E-state index contributed by atoms with van der Waals surface area (Å²) in [6, 6.07) is 0. The van der Waals surface area contributed by atoms with Crippen LogP contribution in [0.3, 0.4) is 0 Å². The predicted molar refractivity (Wildman–Crippen MR) is 115 cm³/mol. The number of nitrogens with one attached hydrogen (secondary N) is 1. The highest BCUT2D eigenvalue weighted by atomic mass is 16.5. The first-order chi connectivity index (χ1) is 14.4. The van der Waals surface area contributed by atoms with Crippen molar-refractivity contribution in [3.05, 3.63) is 18.2 Å². The quantitative estimate of drug-likeness (QED) is 0.758. The van der Waals surface area contributed by atoms with Crippen LogP contribution >= 0.6 is 0 Å². The molecule has 166 valence electrons. The van der Waals surface area contributed by atoms with E-state index in [0.717, 1.165) is 49.1 Å². The van der Waals surface area contributed by atoms with Crippen molar-refractivity contribution in [2.45, 2.75) is 76.7 Å². The highest BCUT2D eigenvalue weighted by molar-refractivity contribution is 5.84. The number of carbonyl (C=O) groups excluding carboxylic acids is 1. The zero-order chi connectivity index (χ0) is 20.9. The second-order valence-electron chi connectivity index (χ2n) is 11.2. The first kappa shape index (κ1) is 20.7. The molecule has 1 heterocycles. The minimum atomic E-state index is -0.608. The van der Waals surface area contributed by atoms with Crippen molar-refractivity contribution < 1.29 is 14.6 Å². The predicted octanol–water partition coefficient (Wildman–Crippen LogP) is 4.17. The maximum absolute atomic E-state index is 13.2. The summed E-state index contributed by atoms with van der Waals surface area (Å²) in [4.78, 5) is 20.4. The molecule has 8 atom stereocenters. The van der Waals surface area contributed by atoms with Crippen LogP contribution in [-0.4, -0.2) is 40.2 Å². The van der Waals surface area contributed by atoms with E-state index in [1.165, 1.54) is 32.1 Å². The summed E-state index contributed by atoms with van der Waals surface area (Å²) in [5, 5.41) is 10.9. The van der Waals surface area contributed by atoms with Crippen LogP contribution in [0.5, 0.6) is 0 Å². The van der Waals surface area contributed by atoms with E-state index in [2.05, 4.69) is 16.9 Å².